The monoisotopic (exact) mass is 320 g/mol. The molecule has 1 aromatic heterocycles. The Bertz CT molecular complexity index is 553. The quantitative estimate of drug-likeness (QED) is 0.872. The number of ether oxygens (including phenoxy) is 1. The second kappa shape index (κ2) is 6.33. The molecule has 2 aromatic rings. The van der Waals surface area contributed by atoms with Gasteiger partial charge in [0.25, 0.3) is 0 Å². The minimum absolute atomic E-state index is 0.236. The predicted octanol–water partition coefficient (Wildman–Crippen LogP) is 3.90. The number of amides is 1. The minimum Gasteiger partial charge on any atom is -0.444 e. The fourth-order valence-electron chi connectivity index (χ4n) is 1.55. The molecule has 1 N–H and O–H groups in total. The highest BCUT2D eigenvalue weighted by Gasteiger charge is 2.05. The summed E-state index contributed by atoms with van der Waals surface area (Å²) in [5, 5.41) is 2.59. The molecule has 5 heteroatoms. The van der Waals surface area contributed by atoms with Crippen LogP contribution in [-0.2, 0) is 11.3 Å². The Hall–Kier alpha value is -1.88. The first kappa shape index (κ1) is 13.5. The number of carbonyl (C=O) groups is 1. The fraction of sp³-hybridized carbons (Fsp3) is 0.143. The average Bonchev–Trinajstić information content (AvgIpc) is 2.36. The number of anilines is 1. The number of halogens is 1. The van der Waals surface area contributed by atoms with Gasteiger partial charge in [0, 0.05) is 0 Å². The summed E-state index contributed by atoms with van der Waals surface area (Å²) in [6.45, 7) is 2.16. The largest absolute Gasteiger partial charge is 0.444 e. The maximum Gasteiger partial charge on any atom is 0.413 e. The zero-order chi connectivity index (χ0) is 13.7. The highest BCUT2D eigenvalue weighted by molar-refractivity contribution is 9.10. The van der Waals surface area contributed by atoms with Crippen LogP contribution in [0.25, 0.3) is 0 Å². The third-order valence-corrected chi connectivity index (χ3v) is 2.79. The lowest BCUT2D eigenvalue weighted by atomic mass is 10.2. The van der Waals surface area contributed by atoms with Gasteiger partial charge in [-0.3, -0.25) is 5.32 Å². The van der Waals surface area contributed by atoms with Crippen molar-refractivity contribution in [3.63, 3.8) is 0 Å². The normalized spacial score (nSPS) is 10.0. The van der Waals surface area contributed by atoms with E-state index in [-0.39, 0.29) is 6.61 Å². The van der Waals surface area contributed by atoms with E-state index < -0.39 is 6.09 Å². The first-order valence-corrected chi connectivity index (χ1v) is 6.55. The van der Waals surface area contributed by atoms with Gasteiger partial charge in [0.05, 0.1) is 0 Å². The molecule has 4 nitrogen and oxygen atoms in total. The first-order chi connectivity index (χ1) is 9.13. The van der Waals surface area contributed by atoms with Crippen molar-refractivity contribution in [1.82, 2.24) is 4.98 Å². The Labute approximate surface area is 119 Å². The van der Waals surface area contributed by atoms with Crippen LogP contribution in [0.1, 0.15) is 11.1 Å². The lowest BCUT2D eigenvalue weighted by molar-refractivity contribution is 0.155. The summed E-state index contributed by atoms with van der Waals surface area (Å²) < 4.78 is 5.78. The van der Waals surface area contributed by atoms with E-state index in [9.17, 15) is 4.79 Å². The van der Waals surface area contributed by atoms with Crippen LogP contribution < -0.4 is 5.32 Å². The van der Waals surface area contributed by atoms with Gasteiger partial charge in [-0.2, -0.15) is 0 Å². The molecule has 0 atom stereocenters. The topological polar surface area (TPSA) is 51.2 Å². The van der Waals surface area contributed by atoms with Gasteiger partial charge in [-0.1, -0.05) is 30.3 Å². The van der Waals surface area contributed by atoms with Crippen LogP contribution in [0.4, 0.5) is 10.6 Å². The number of hydrogen-bond acceptors (Lipinski definition) is 3. The molecule has 19 heavy (non-hydrogen) atoms. The summed E-state index contributed by atoms with van der Waals surface area (Å²) >= 11 is 3.28. The van der Waals surface area contributed by atoms with Crippen LogP contribution in [0.2, 0.25) is 0 Å². The number of benzene rings is 1. The molecule has 0 aliphatic heterocycles. The molecule has 0 aliphatic rings. The average molecular weight is 321 g/mol. The van der Waals surface area contributed by atoms with Gasteiger partial charge in [-0.05, 0) is 46.1 Å². The van der Waals surface area contributed by atoms with Crippen molar-refractivity contribution in [3.05, 3.63) is 58.2 Å². The molecule has 0 radical (unpaired) electrons. The highest BCUT2D eigenvalue weighted by atomic mass is 79.9. The third kappa shape index (κ3) is 4.37. The summed E-state index contributed by atoms with van der Waals surface area (Å²) in [4.78, 5) is 15.8. The smallest absolute Gasteiger partial charge is 0.413 e. The Morgan fingerprint density at radius 3 is 2.74 bits per heavy atom. The number of nitrogens with one attached hydrogen (secondary N) is 1. The highest BCUT2D eigenvalue weighted by Crippen LogP contribution is 2.14. The van der Waals surface area contributed by atoms with E-state index in [0.29, 0.717) is 10.4 Å². The van der Waals surface area contributed by atoms with Crippen molar-refractivity contribution in [2.45, 2.75) is 13.5 Å². The second-order valence-corrected chi connectivity index (χ2v) is 4.85. The molecule has 0 fully saturated rings. The molecule has 2 rings (SSSR count). The van der Waals surface area contributed by atoms with E-state index in [4.69, 9.17) is 4.74 Å². The van der Waals surface area contributed by atoms with Gasteiger partial charge in [0.15, 0.2) is 0 Å². The number of rotatable bonds is 3. The van der Waals surface area contributed by atoms with Gasteiger partial charge >= 0.3 is 6.09 Å². The van der Waals surface area contributed by atoms with E-state index in [1.54, 1.807) is 6.07 Å². The molecular formula is C14H13BrN2O2. The zero-order valence-corrected chi connectivity index (χ0v) is 12.0. The number of nitrogens with zero attached hydrogens (tertiary/aromatic N) is 1. The molecule has 0 saturated heterocycles. The summed E-state index contributed by atoms with van der Waals surface area (Å²) in [6, 6.07) is 13.1. The number of hydrogen-bond donors (Lipinski definition) is 1. The fourth-order valence-corrected chi connectivity index (χ4v) is 2.10. The molecule has 1 heterocycles. The van der Waals surface area contributed by atoms with Gasteiger partial charge < -0.3 is 4.74 Å². The van der Waals surface area contributed by atoms with Crippen molar-refractivity contribution >= 4 is 27.8 Å². The van der Waals surface area contributed by atoms with Crippen LogP contribution in [0.15, 0.2) is 47.1 Å². The second-order valence-electron chi connectivity index (χ2n) is 4.04. The standard InChI is InChI=1S/C14H13BrN2O2/c1-10-7-12(15)16-13(8-10)17-14(18)19-9-11-5-3-2-4-6-11/h2-8H,9H2,1H3,(H,16,17,18). The van der Waals surface area contributed by atoms with Crippen LogP contribution in [-0.4, -0.2) is 11.1 Å². The molecule has 0 bridgehead atoms. The third-order valence-electron chi connectivity index (χ3n) is 2.38. The molecule has 0 spiro atoms. The molecule has 98 valence electrons. The maximum atomic E-state index is 11.6. The number of pyridine rings is 1. The van der Waals surface area contributed by atoms with Crippen molar-refractivity contribution in [2.75, 3.05) is 5.32 Å². The van der Waals surface area contributed by atoms with Crippen LogP contribution in [0.3, 0.4) is 0 Å². The summed E-state index contributed by atoms with van der Waals surface area (Å²) in [5.74, 6) is 0.463. The van der Waals surface area contributed by atoms with Gasteiger partial charge in [-0.25, -0.2) is 9.78 Å². The molecule has 1 amide bonds. The Morgan fingerprint density at radius 1 is 1.32 bits per heavy atom. The SMILES string of the molecule is Cc1cc(Br)nc(NC(=O)OCc2ccccc2)c1. The number of carbonyl (C=O) groups excluding carboxylic acids is 1. The Balaban J connectivity index is 1.91. The van der Waals surface area contributed by atoms with E-state index in [1.165, 1.54) is 0 Å². The van der Waals surface area contributed by atoms with E-state index >= 15 is 0 Å². The molecule has 0 unspecified atom stereocenters. The predicted molar refractivity (Wildman–Crippen MR) is 76.9 cm³/mol. The number of aryl methyl sites for hydroxylation is 1. The van der Waals surface area contributed by atoms with E-state index in [1.807, 2.05) is 43.3 Å². The lowest BCUT2D eigenvalue weighted by Crippen LogP contribution is -2.14. The molecule has 0 saturated carbocycles. The van der Waals surface area contributed by atoms with E-state index in [0.717, 1.165) is 11.1 Å². The van der Waals surface area contributed by atoms with Crippen molar-refractivity contribution < 1.29 is 9.53 Å². The summed E-state index contributed by atoms with van der Waals surface area (Å²) in [7, 11) is 0. The van der Waals surface area contributed by atoms with Crippen LogP contribution >= 0.6 is 15.9 Å². The number of aromatic nitrogens is 1. The Kier molecular flexibility index (Phi) is 4.52. The Morgan fingerprint density at radius 2 is 2.05 bits per heavy atom. The zero-order valence-electron chi connectivity index (χ0n) is 10.4. The lowest BCUT2D eigenvalue weighted by Gasteiger charge is -2.07. The first-order valence-electron chi connectivity index (χ1n) is 5.75. The van der Waals surface area contributed by atoms with Crippen LogP contribution in [0.5, 0.6) is 0 Å². The maximum absolute atomic E-state index is 11.6. The van der Waals surface area contributed by atoms with Gasteiger partial charge in [0.1, 0.15) is 17.0 Å². The summed E-state index contributed by atoms with van der Waals surface area (Å²) in [6.07, 6.45) is -0.520. The van der Waals surface area contributed by atoms with E-state index in [2.05, 4.69) is 26.2 Å². The van der Waals surface area contributed by atoms with Gasteiger partial charge in [0.2, 0.25) is 0 Å². The molecule has 1 aromatic carbocycles. The minimum atomic E-state index is -0.520. The van der Waals surface area contributed by atoms with Crippen LogP contribution in [0, 0.1) is 6.92 Å². The van der Waals surface area contributed by atoms with Crippen molar-refractivity contribution in [1.29, 1.82) is 0 Å². The molecule has 0 aliphatic carbocycles. The van der Waals surface area contributed by atoms with Gasteiger partial charge in [-0.15, -0.1) is 0 Å². The molecular weight excluding hydrogens is 308 g/mol. The van der Waals surface area contributed by atoms with Crippen molar-refractivity contribution in [2.24, 2.45) is 0 Å². The summed E-state index contributed by atoms with van der Waals surface area (Å²) in [5.41, 5.74) is 1.94. The van der Waals surface area contributed by atoms with Crippen molar-refractivity contribution in [3.8, 4) is 0 Å².